The molecule has 1 amide bonds. The lowest BCUT2D eigenvalue weighted by molar-refractivity contribution is -0.150. The first-order chi connectivity index (χ1) is 10.8. The fourth-order valence-electron chi connectivity index (χ4n) is 1.49. The molecule has 0 unspecified atom stereocenters. The molecule has 1 N–H and O–H groups in total. The lowest BCUT2D eigenvalue weighted by atomic mass is 10.1. The van der Waals surface area contributed by atoms with Crippen molar-refractivity contribution in [2.24, 2.45) is 5.92 Å². The van der Waals surface area contributed by atoms with E-state index in [0.717, 1.165) is 6.42 Å². The van der Waals surface area contributed by atoms with Gasteiger partial charge in [0.05, 0.1) is 15.1 Å². The van der Waals surface area contributed by atoms with E-state index in [1.807, 2.05) is 0 Å². The van der Waals surface area contributed by atoms with Gasteiger partial charge in [-0.05, 0) is 18.4 Å². The van der Waals surface area contributed by atoms with Crippen LogP contribution >= 0.6 is 34.8 Å². The van der Waals surface area contributed by atoms with Gasteiger partial charge in [-0.2, -0.15) is 0 Å². The van der Waals surface area contributed by atoms with Crippen molar-refractivity contribution in [2.45, 2.75) is 20.3 Å². The normalized spacial score (nSPS) is 10.5. The summed E-state index contributed by atoms with van der Waals surface area (Å²) < 4.78 is 10.00. The first-order valence-electron chi connectivity index (χ1n) is 6.99. The molecule has 0 aliphatic heterocycles. The molecule has 0 saturated heterocycles. The highest BCUT2D eigenvalue weighted by Crippen LogP contribution is 2.33. The molecule has 0 saturated carbocycles. The molecular formula is C15H18Cl3NO4. The molecule has 0 aliphatic rings. The van der Waals surface area contributed by atoms with E-state index in [4.69, 9.17) is 44.3 Å². The van der Waals surface area contributed by atoms with Crippen molar-refractivity contribution < 1.29 is 19.1 Å². The zero-order valence-corrected chi connectivity index (χ0v) is 15.1. The van der Waals surface area contributed by atoms with Crippen molar-refractivity contribution in [3.63, 3.8) is 0 Å². The number of ether oxygens (including phenoxy) is 2. The molecule has 0 bridgehead atoms. The first kappa shape index (κ1) is 19.9. The number of amides is 1. The van der Waals surface area contributed by atoms with E-state index >= 15 is 0 Å². The maximum absolute atomic E-state index is 11.5. The molecule has 1 aromatic rings. The van der Waals surface area contributed by atoms with Crippen molar-refractivity contribution >= 4 is 46.7 Å². The molecule has 1 rings (SSSR count). The summed E-state index contributed by atoms with van der Waals surface area (Å²) in [6.45, 7) is 3.91. The van der Waals surface area contributed by atoms with Gasteiger partial charge in [0.1, 0.15) is 5.75 Å². The summed E-state index contributed by atoms with van der Waals surface area (Å²) in [5, 5.41) is 3.41. The number of halogens is 3. The lowest BCUT2D eigenvalue weighted by Gasteiger charge is -2.10. The molecule has 0 spiro atoms. The molecule has 0 atom stereocenters. The van der Waals surface area contributed by atoms with Crippen molar-refractivity contribution in [2.75, 3.05) is 19.8 Å². The van der Waals surface area contributed by atoms with Crippen molar-refractivity contribution in [3.05, 3.63) is 27.2 Å². The minimum absolute atomic E-state index is 0.208. The largest absolute Gasteiger partial charge is 0.480 e. The summed E-state index contributed by atoms with van der Waals surface area (Å²) in [4.78, 5) is 23.0. The zero-order valence-electron chi connectivity index (χ0n) is 12.8. The number of hydrogen-bond donors (Lipinski definition) is 1. The molecule has 128 valence electrons. The van der Waals surface area contributed by atoms with Crippen LogP contribution in [0.4, 0.5) is 0 Å². The van der Waals surface area contributed by atoms with Gasteiger partial charge in [0.2, 0.25) is 0 Å². The Hall–Kier alpha value is -1.17. The number of benzene rings is 1. The molecular weight excluding hydrogens is 365 g/mol. The predicted octanol–water partition coefficient (Wildman–Crippen LogP) is 3.73. The Balaban J connectivity index is 2.32. The Bertz CT molecular complexity index is 564. The van der Waals surface area contributed by atoms with Gasteiger partial charge in [0, 0.05) is 12.6 Å². The summed E-state index contributed by atoms with van der Waals surface area (Å²) in [6.07, 6.45) is 0.860. The number of carbonyl (C=O) groups is 2. The summed E-state index contributed by atoms with van der Waals surface area (Å²) in [6, 6.07) is 2.81. The highest BCUT2D eigenvalue weighted by Gasteiger charge is 2.11. The number of rotatable bonds is 8. The Kier molecular flexibility index (Phi) is 8.52. The van der Waals surface area contributed by atoms with Gasteiger partial charge in [0.15, 0.2) is 13.2 Å². The highest BCUT2D eigenvalue weighted by molar-refractivity contribution is 6.43. The molecule has 0 fully saturated rings. The average Bonchev–Trinajstić information content (AvgIpc) is 2.47. The van der Waals surface area contributed by atoms with E-state index < -0.39 is 12.6 Å². The second kappa shape index (κ2) is 9.85. The molecule has 8 heteroatoms. The van der Waals surface area contributed by atoms with Gasteiger partial charge in [0.25, 0.3) is 5.91 Å². The van der Waals surface area contributed by atoms with Crippen molar-refractivity contribution in [1.29, 1.82) is 0 Å². The average molecular weight is 383 g/mol. The van der Waals surface area contributed by atoms with E-state index in [1.165, 1.54) is 12.1 Å². The van der Waals surface area contributed by atoms with Crippen LogP contribution in [0.1, 0.15) is 20.3 Å². The van der Waals surface area contributed by atoms with Crippen LogP contribution in [0, 0.1) is 5.92 Å². The van der Waals surface area contributed by atoms with E-state index in [9.17, 15) is 9.59 Å². The quantitative estimate of drug-likeness (QED) is 0.549. The van der Waals surface area contributed by atoms with Crippen LogP contribution in [0.5, 0.6) is 5.75 Å². The maximum Gasteiger partial charge on any atom is 0.344 e. The predicted molar refractivity (Wildman–Crippen MR) is 90.4 cm³/mol. The van der Waals surface area contributed by atoms with Gasteiger partial charge < -0.3 is 14.8 Å². The van der Waals surface area contributed by atoms with Gasteiger partial charge in [-0.25, -0.2) is 4.79 Å². The highest BCUT2D eigenvalue weighted by atomic mass is 35.5. The van der Waals surface area contributed by atoms with Crippen LogP contribution in [0.2, 0.25) is 15.1 Å². The van der Waals surface area contributed by atoms with Crippen LogP contribution in [0.15, 0.2) is 12.1 Å². The molecule has 1 aromatic carbocycles. The second-order valence-corrected chi connectivity index (χ2v) is 6.40. The number of nitrogens with one attached hydrogen (secondary N) is 1. The van der Waals surface area contributed by atoms with Crippen molar-refractivity contribution in [1.82, 2.24) is 5.32 Å². The third-order valence-electron chi connectivity index (χ3n) is 2.73. The molecule has 0 heterocycles. The fourth-order valence-corrected chi connectivity index (χ4v) is 2.08. The number of carbonyl (C=O) groups excluding carboxylic acids is 2. The minimum atomic E-state index is -0.689. The van der Waals surface area contributed by atoms with Gasteiger partial charge in [-0.3, -0.25) is 4.79 Å². The van der Waals surface area contributed by atoms with E-state index in [0.29, 0.717) is 12.5 Å². The topological polar surface area (TPSA) is 64.6 Å². The zero-order chi connectivity index (χ0) is 17.4. The standard InChI is InChI=1S/C15H18Cl3NO4/c1-9(2)3-4-19-14(20)7-23-15(21)8-22-13-6-11(17)10(16)5-12(13)18/h5-6,9H,3-4,7-8H2,1-2H3,(H,19,20). The van der Waals surface area contributed by atoms with Crippen LogP contribution in [0.3, 0.4) is 0 Å². The van der Waals surface area contributed by atoms with Gasteiger partial charge >= 0.3 is 5.97 Å². The minimum Gasteiger partial charge on any atom is -0.480 e. The van der Waals surface area contributed by atoms with E-state index in [2.05, 4.69) is 19.2 Å². The van der Waals surface area contributed by atoms with E-state index in [1.54, 1.807) is 0 Å². The van der Waals surface area contributed by atoms with Crippen LogP contribution in [-0.2, 0) is 14.3 Å². The van der Waals surface area contributed by atoms with Crippen molar-refractivity contribution in [3.8, 4) is 5.75 Å². The Morgan fingerprint density at radius 3 is 2.39 bits per heavy atom. The summed E-state index contributed by atoms with van der Waals surface area (Å²) in [5.74, 6) is -0.348. The first-order valence-corrected chi connectivity index (χ1v) is 8.12. The summed E-state index contributed by atoms with van der Waals surface area (Å²) in [5.41, 5.74) is 0. The molecule has 5 nitrogen and oxygen atoms in total. The molecule has 0 radical (unpaired) electrons. The third kappa shape index (κ3) is 7.77. The third-order valence-corrected chi connectivity index (χ3v) is 3.75. The summed E-state index contributed by atoms with van der Waals surface area (Å²) in [7, 11) is 0. The fraction of sp³-hybridized carbons (Fsp3) is 0.467. The Morgan fingerprint density at radius 2 is 1.74 bits per heavy atom. The number of hydrogen-bond acceptors (Lipinski definition) is 4. The lowest BCUT2D eigenvalue weighted by Crippen LogP contribution is -2.31. The van der Waals surface area contributed by atoms with E-state index in [-0.39, 0.29) is 33.3 Å². The Labute approximate surface area is 150 Å². The smallest absolute Gasteiger partial charge is 0.344 e. The molecule has 0 aliphatic carbocycles. The van der Waals surface area contributed by atoms with Gasteiger partial charge in [-0.1, -0.05) is 48.7 Å². The molecule has 23 heavy (non-hydrogen) atoms. The maximum atomic E-state index is 11.5. The van der Waals surface area contributed by atoms with Crippen LogP contribution < -0.4 is 10.1 Å². The monoisotopic (exact) mass is 381 g/mol. The van der Waals surface area contributed by atoms with Gasteiger partial charge in [-0.15, -0.1) is 0 Å². The second-order valence-electron chi connectivity index (χ2n) is 5.18. The summed E-state index contributed by atoms with van der Waals surface area (Å²) >= 11 is 17.5. The Morgan fingerprint density at radius 1 is 1.09 bits per heavy atom. The molecule has 0 aromatic heterocycles. The van der Waals surface area contributed by atoms with Crippen LogP contribution in [0.25, 0.3) is 0 Å². The SMILES string of the molecule is CC(C)CCNC(=O)COC(=O)COc1cc(Cl)c(Cl)cc1Cl. The van der Waals surface area contributed by atoms with Crippen LogP contribution in [-0.4, -0.2) is 31.6 Å². The number of esters is 1.